The summed E-state index contributed by atoms with van der Waals surface area (Å²) in [5, 5.41) is 0. The molecule has 0 radical (unpaired) electrons. The zero-order valence-corrected chi connectivity index (χ0v) is 9.38. The number of methoxy groups -OCH3 is 1. The first-order valence-electron chi connectivity index (χ1n) is 4.98. The number of nitrogens with two attached hydrogens (primary N) is 1. The topological polar surface area (TPSA) is 48.1 Å². The molecule has 0 unspecified atom stereocenters. The molecule has 0 saturated heterocycles. The van der Waals surface area contributed by atoms with Crippen LogP contribution < -0.4 is 10.5 Å². The standard InChI is InChI=1S/C12H9F3N2O/c1-18-12-6(2-3-8(13)11(12)15)7-4-10(16)17-5-9(7)14/h2-5H,1H3,(H2,16,17). The smallest absolute Gasteiger partial charge is 0.201 e. The predicted octanol–water partition coefficient (Wildman–Crippen LogP) is 2.76. The van der Waals surface area contributed by atoms with E-state index in [4.69, 9.17) is 10.5 Å². The molecule has 1 aromatic carbocycles. The number of pyridine rings is 1. The van der Waals surface area contributed by atoms with Crippen LogP contribution in [0.4, 0.5) is 19.0 Å². The quantitative estimate of drug-likeness (QED) is 0.896. The summed E-state index contributed by atoms with van der Waals surface area (Å²) in [5.41, 5.74) is 5.51. The predicted molar refractivity (Wildman–Crippen MR) is 60.5 cm³/mol. The van der Waals surface area contributed by atoms with Crippen molar-refractivity contribution in [1.29, 1.82) is 0 Å². The lowest BCUT2D eigenvalue weighted by molar-refractivity contribution is 0.373. The van der Waals surface area contributed by atoms with E-state index in [0.717, 1.165) is 12.3 Å². The molecule has 0 bridgehead atoms. The van der Waals surface area contributed by atoms with Crippen molar-refractivity contribution >= 4 is 5.82 Å². The van der Waals surface area contributed by atoms with Gasteiger partial charge in [0.15, 0.2) is 11.6 Å². The number of hydrogen-bond acceptors (Lipinski definition) is 3. The van der Waals surface area contributed by atoms with Gasteiger partial charge in [-0.25, -0.2) is 13.8 Å². The van der Waals surface area contributed by atoms with Gasteiger partial charge in [-0.3, -0.25) is 0 Å². The number of nitrogens with zero attached hydrogens (tertiary/aromatic N) is 1. The maximum atomic E-state index is 13.6. The lowest BCUT2D eigenvalue weighted by Gasteiger charge is -2.11. The Balaban J connectivity index is 2.71. The zero-order chi connectivity index (χ0) is 13.3. The van der Waals surface area contributed by atoms with Crippen LogP contribution in [0, 0.1) is 17.5 Å². The largest absolute Gasteiger partial charge is 0.493 e. The molecular weight excluding hydrogens is 245 g/mol. The molecule has 6 heteroatoms. The van der Waals surface area contributed by atoms with Gasteiger partial charge in [-0.1, -0.05) is 0 Å². The number of hydrogen-bond donors (Lipinski definition) is 1. The molecule has 0 spiro atoms. The number of rotatable bonds is 2. The summed E-state index contributed by atoms with van der Waals surface area (Å²) in [6.45, 7) is 0. The molecule has 3 nitrogen and oxygen atoms in total. The van der Waals surface area contributed by atoms with Crippen LogP contribution in [0.1, 0.15) is 0 Å². The first-order chi connectivity index (χ1) is 8.54. The summed E-state index contributed by atoms with van der Waals surface area (Å²) in [4.78, 5) is 3.55. The van der Waals surface area contributed by atoms with Crippen LogP contribution in [0.5, 0.6) is 5.75 Å². The third-order valence-electron chi connectivity index (χ3n) is 2.42. The third kappa shape index (κ3) is 1.97. The fourth-order valence-corrected chi connectivity index (χ4v) is 1.60. The molecule has 2 rings (SSSR count). The van der Waals surface area contributed by atoms with Crippen LogP contribution in [0.15, 0.2) is 24.4 Å². The minimum atomic E-state index is -1.18. The number of aromatic nitrogens is 1. The van der Waals surface area contributed by atoms with E-state index in [1.165, 1.54) is 19.2 Å². The minimum Gasteiger partial charge on any atom is -0.493 e. The SMILES string of the molecule is COc1c(-c2cc(N)ncc2F)ccc(F)c1F. The Morgan fingerprint density at radius 1 is 1.11 bits per heavy atom. The summed E-state index contributed by atoms with van der Waals surface area (Å²) in [7, 11) is 1.17. The lowest BCUT2D eigenvalue weighted by Crippen LogP contribution is -1.98. The van der Waals surface area contributed by atoms with E-state index in [0.29, 0.717) is 0 Å². The van der Waals surface area contributed by atoms with E-state index in [1.54, 1.807) is 0 Å². The van der Waals surface area contributed by atoms with Crippen molar-refractivity contribution in [3.8, 4) is 16.9 Å². The van der Waals surface area contributed by atoms with Gasteiger partial charge < -0.3 is 10.5 Å². The fourth-order valence-electron chi connectivity index (χ4n) is 1.60. The highest BCUT2D eigenvalue weighted by Gasteiger charge is 2.18. The second-order valence-corrected chi connectivity index (χ2v) is 3.53. The second kappa shape index (κ2) is 4.56. The molecule has 94 valence electrons. The van der Waals surface area contributed by atoms with Gasteiger partial charge in [0.1, 0.15) is 11.6 Å². The average Bonchev–Trinajstić information content (AvgIpc) is 2.35. The first-order valence-corrected chi connectivity index (χ1v) is 4.98. The Morgan fingerprint density at radius 3 is 2.50 bits per heavy atom. The number of halogens is 3. The van der Waals surface area contributed by atoms with Crippen molar-refractivity contribution in [2.75, 3.05) is 12.8 Å². The second-order valence-electron chi connectivity index (χ2n) is 3.53. The van der Waals surface area contributed by atoms with Crippen molar-refractivity contribution < 1.29 is 17.9 Å². The van der Waals surface area contributed by atoms with Crippen LogP contribution in [0.3, 0.4) is 0 Å². The van der Waals surface area contributed by atoms with Gasteiger partial charge >= 0.3 is 0 Å². The molecule has 0 atom stereocenters. The van der Waals surface area contributed by atoms with Crippen LogP contribution in [-0.4, -0.2) is 12.1 Å². The molecule has 0 saturated carbocycles. The molecule has 1 heterocycles. The van der Waals surface area contributed by atoms with E-state index in [9.17, 15) is 13.2 Å². The fraction of sp³-hybridized carbons (Fsp3) is 0.0833. The summed E-state index contributed by atoms with van der Waals surface area (Å²) in [5.74, 6) is -3.26. The monoisotopic (exact) mass is 254 g/mol. The maximum absolute atomic E-state index is 13.6. The molecule has 0 aliphatic carbocycles. The van der Waals surface area contributed by atoms with Crippen LogP contribution in [-0.2, 0) is 0 Å². The van der Waals surface area contributed by atoms with Crippen LogP contribution in [0.2, 0.25) is 0 Å². The molecule has 18 heavy (non-hydrogen) atoms. The van der Waals surface area contributed by atoms with Crippen molar-refractivity contribution in [1.82, 2.24) is 4.98 Å². The molecule has 0 fully saturated rings. The highest BCUT2D eigenvalue weighted by atomic mass is 19.2. The van der Waals surface area contributed by atoms with E-state index in [-0.39, 0.29) is 22.7 Å². The molecule has 1 aromatic heterocycles. The molecule has 0 aliphatic heterocycles. The van der Waals surface area contributed by atoms with Gasteiger partial charge in [-0.05, 0) is 18.2 Å². The molecule has 2 N–H and O–H groups in total. The van der Waals surface area contributed by atoms with E-state index in [1.807, 2.05) is 0 Å². The lowest BCUT2D eigenvalue weighted by atomic mass is 10.0. The van der Waals surface area contributed by atoms with Crippen LogP contribution >= 0.6 is 0 Å². The van der Waals surface area contributed by atoms with Gasteiger partial charge in [0.25, 0.3) is 0 Å². The molecule has 0 aliphatic rings. The van der Waals surface area contributed by atoms with Crippen molar-refractivity contribution in [3.05, 3.63) is 41.8 Å². The summed E-state index contributed by atoms with van der Waals surface area (Å²) >= 11 is 0. The van der Waals surface area contributed by atoms with Gasteiger partial charge in [0.2, 0.25) is 5.82 Å². The Kier molecular flexibility index (Phi) is 3.10. The Bertz CT molecular complexity index is 602. The Hall–Kier alpha value is -2.24. The highest BCUT2D eigenvalue weighted by Crippen LogP contribution is 2.35. The number of ether oxygens (including phenoxy) is 1. The first kappa shape index (κ1) is 12.2. The third-order valence-corrected chi connectivity index (χ3v) is 2.42. The van der Waals surface area contributed by atoms with Gasteiger partial charge in [-0.15, -0.1) is 0 Å². The summed E-state index contributed by atoms with van der Waals surface area (Å²) in [6.07, 6.45) is 0.908. The van der Waals surface area contributed by atoms with E-state index in [2.05, 4.69) is 4.98 Å². The summed E-state index contributed by atoms with van der Waals surface area (Å²) < 4.78 is 44.9. The van der Waals surface area contributed by atoms with Crippen molar-refractivity contribution in [2.45, 2.75) is 0 Å². The number of benzene rings is 1. The Labute approximate surface area is 101 Å². The minimum absolute atomic E-state index is 0.00162. The number of anilines is 1. The average molecular weight is 254 g/mol. The number of nitrogen functional groups attached to an aromatic ring is 1. The van der Waals surface area contributed by atoms with Gasteiger partial charge in [0.05, 0.1) is 13.3 Å². The van der Waals surface area contributed by atoms with Gasteiger partial charge in [-0.2, -0.15) is 4.39 Å². The van der Waals surface area contributed by atoms with E-state index < -0.39 is 17.5 Å². The van der Waals surface area contributed by atoms with Crippen LogP contribution in [0.25, 0.3) is 11.1 Å². The van der Waals surface area contributed by atoms with Crippen molar-refractivity contribution in [3.63, 3.8) is 0 Å². The Morgan fingerprint density at radius 2 is 1.83 bits per heavy atom. The molecule has 2 aromatic rings. The van der Waals surface area contributed by atoms with Gasteiger partial charge in [0, 0.05) is 11.1 Å². The normalized spacial score (nSPS) is 10.4. The highest BCUT2D eigenvalue weighted by molar-refractivity contribution is 5.72. The molecule has 0 amide bonds. The zero-order valence-electron chi connectivity index (χ0n) is 9.38. The molecular formula is C12H9F3N2O. The van der Waals surface area contributed by atoms with E-state index >= 15 is 0 Å². The maximum Gasteiger partial charge on any atom is 0.201 e. The van der Waals surface area contributed by atoms with Crippen molar-refractivity contribution in [2.24, 2.45) is 0 Å². The summed E-state index contributed by atoms with van der Waals surface area (Å²) in [6, 6.07) is 3.34.